The predicted octanol–water partition coefficient (Wildman–Crippen LogP) is 2.05. The number of hydrogen-bond acceptors (Lipinski definition) is 4. The van der Waals surface area contributed by atoms with Gasteiger partial charge in [-0.15, -0.1) is 0 Å². The van der Waals surface area contributed by atoms with Crippen molar-refractivity contribution in [1.82, 2.24) is 0 Å². The molecule has 2 N–H and O–H groups in total. The standard InChI is InChI=1S/2C7H11O3.Zr/c2*1-3-6(5(2)8)4-7(9)10;/h2*4,6H,3H2,1-2H3,(H,9,10);. The van der Waals surface area contributed by atoms with Gasteiger partial charge in [0.15, 0.2) is 0 Å². The van der Waals surface area contributed by atoms with E-state index in [1.165, 1.54) is 13.8 Å². The van der Waals surface area contributed by atoms with Crippen molar-refractivity contribution in [2.24, 2.45) is 11.8 Å². The second-order valence-electron chi connectivity index (χ2n) is 5.05. The van der Waals surface area contributed by atoms with Gasteiger partial charge in [-0.3, -0.25) is 0 Å². The van der Waals surface area contributed by atoms with E-state index in [9.17, 15) is 29.4 Å². The first kappa shape index (κ1) is 20.2. The van der Waals surface area contributed by atoms with Gasteiger partial charge in [0, 0.05) is 0 Å². The summed E-state index contributed by atoms with van der Waals surface area (Å²) >= 11 is -2.03. The first-order valence-corrected chi connectivity index (χ1v) is 9.73. The van der Waals surface area contributed by atoms with Crippen molar-refractivity contribution in [3.8, 4) is 0 Å². The van der Waals surface area contributed by atoms with E-state index in [2.05, 4.69) is 0 Å². The van der Waals surface area contributed by atoms with E-state index in [1.54, 1.807) is 13.8 Å². The van der Waals surface area contributed by atoms with Crippen LogP contribution in [0.3, 0.4) is 0 Å². The summed E-state index contributed by atoms with van der Waals surface area (Å²) in [6, 6.07) is 0. The molecule has 7 heteroatoms. The van der Waals surface area contributed by atoms with Gasteiger partial charge in [0.2, 0.25) is 0 Å². The summed E-state index contributed by atoms with van der Waals surface area (Å²) in [5.74, 6) is -4.00. The molecule has 0 aromatic rings. The molecule has 0 spiro atoms. The minimum absolute atomic E-state index is 0.231. The molecule has 0 aromatic carbocycles. The Hall–Kier alpha value is -0.837. The molecule has 0 radical (unpaired) electrons. The third kappa shape index (κ3) is 5.81. The van der Waals surface area contributed by atoms with Crippen LogP contribution in [-0.4, -0.2) is 33.7 Å². The molecule has 4 atom stereocenters. The molecule has 0 saturated heterocycles. The van der Waals surface area contributed by atoms with Crippen molar-refractivity contribution >= 4 is 23.5 Å². The van der Waals surface area contributed by atoms with Gasteiger partial charge in [0.25, 0.3) is 0 Å². The van der Waals surface area contributed by atoms with Crippen LogP contribution in [0.4, 0.5) is 0 Å². The van der Waals surface area contributed by atoms with Crippen LogP contribution in [0.5, 0.6) is 0 Å². The van der Waals surface area contributed by atoms with Crippen molar-refractivity contribution in [3.63, 3.8) is 0 Å². The molecule has 0 aliphatic heterocycles. The van der Waals surface area contributed by atoms with Crippen molar-refractivity contribution < 1.29 is 52.6 Å². The topological polar surface area (TPSA) is 109 Å². The Balaban J connectivity index is 5.43. The molecule has 0 saturated carbocycles. The summed E-state index contributed by atoms with van der Waals surface area (Å²) < 4.78 is -1.82. The van der Waals surface area contributed by atoms with Crippen molar-refractivity contribution in [3.05, 3.63) is 0 Å². The summed E-state index contributed by atoms with van der Waals surface area (Å²) in [6.45, 7) is 6.11. The van der Waals surface area contributed by atoms with Gasteiger partial charge >= 0.3 is 136 Å². The van der Waals surface area contributed by atoms with Crippen molar-refractivity contribution in [2.75, 3.05) is 0 Å². The molecular weight excluding hydrogens is 355 g/mol. The Morgan fingerprint density at radius 3 is 1.24 bits per heavy atom. The fraction of sp³-hybridized carbons (Fsp3) is 0.714. The zero-order valence-corrected chi connectivity index (χ0v) is 15.2. The van der Waals surface area contributed by atoms with Crippen LogP contribution in [0.1, 0.15) is 40.5 Å². The molecule has 0 fully saturated rings. The molecule has 21 heavy (non-hydrogen) atoms. The number of carbonyl (C=O) groups excluding carboxylic acids is 2. The second kappa shape index (κ2) is 9.24. The Labute approximate surface area is 135 Å². The summed E-state index contributed by atoms with van der Waals surface area (Å²) in [5, 5.41) is 18.7. The normalized spacial score (nSPS) is 16.4. The molecule has 0 bridgehead atoms. The maximum absolute atomic E-state index is 11.6. The van der Waals surface area contributed by atoms with Gasteiger partial charge in [-0.1, -0.05) is 0 Å². The molecule has 118 valence electrons. The first-order chi connectivity index (χ1) is 9.67. The molecule has 0 aliphatic rings. The third-order valence-corrected chi connectivity index (χ3v) is 8.58. The molecule has 4 unspecified atom stereocenters. The Bertz CT molecular complexity index is 382. The van der Waals surface area contributed by atoms with Crippen molar-refractivity contribution in [2.45, 2.75) is 47.8 Å². The molecule has 0 rings (SSSR count). The van der Waals surface area contributed by atoms with E-state index in [1.807, 2.05) is 0 Å². The van der Waals surface area contributed by atoms with Crippen LogP contribution in [0.2, 0.25) is 7.25 Å². The number of ketones is 2. The van der Waals surface area contributed by atoms with E-state index in [0.29, 0.717) is 12.8 Å². The first-order valence-electron chi connectivity index (χ1n) is 6.89. The fourth-order valence-corrected chi connectivity index (χ4v) is 7.53. The van der Waals surface area contributed by atoms with Gasteiger partial charge in [-0.25, -0.2) is 0 Å². The number of carbonyl (C=O) groups is 4. The van der Waals surface area contributed by atoms with Crippen LogP contribution in [0, 0.1) is 11.8 Å². The van der Waals surface area contributed by atoms with E-state index in [-0.39, 0.29) is 11.6 Å². The average molecular weight is 378 g/mol. The van der Waals surface area contributed by atoms with Gasteiger partial charge in [-0.2, -0.15) is 0 Å². The second-order valence-corrected chi connectivity index (χ2v) is 8.93. The molecule has 6 nitrogen and oxygen atoms in total. The summed E-state index contributed by atoms with van der Waals surface area (Å²) in [5.41, 5.74) is 0. The molecule has 0 aliphatic carbocycles. The quantitative estimate of drug-likeness (QED) is 0.603. The number of aliphatic carboxylic acids is 2. The molecular formula is C14H22O6Zr. The number of carboxylic acid groups (broad SMARTS) is 2. The fourth-order valence-electron chi connectivity index (χ4n) is 2.43. The van der Waals surface area contributed by atoms with E-state index in [0.717, 1.165) is 0 Å². The minimum atomic E-state index is -2.03. The van der Waals surface area contributed by atoms with Crippen LogP contribution < -0.4 is 0 Å². The number of hydrogen-bond donors (Lipinski definition) is 2. The van der Waals surface area contributed by atoms with Gasteiger partial charge in [0.05, 0.1) is 0 Å². The summed E-state index contributed by atoms with van der Waals surface area (Å²) in [4.78, 5) is 46.1. The zero-order chi connectivity index (χ0) is 16.7. The van der Waals surface area contributed by atoms with Crippen LogP contribution in [-0.2, 0) is 42.4 Å². The third-order valence-electron chi connectivity index (χ3n) is 3.62. The van der Waals surface area contributed by atoms with Gasteiger partial charge in [0.1, 0.15) is 0 Å². The van der Waals surface area contributed by atoms with Crippen LogP contribution in [0.25, 0.3) is 0 Å². The van der Waals surface area contributed by atoms with Gasteiger partial charge < -0.3 is 0 Å². The molecule has 0 heterocycles. The molecule has 0 amide bonds. The van der Waals surface area contributed by atoms with E-state index in [4.69, 9.17) is 0 Å². The van der Waals surface area contributed by atoms with E-state index >= 15 is 0 Å². The monoisotopic (exact) mass is 376 g/mol. The Kier molecular flexibility index (Phi) is 8.87. The molecule has 0 aromatic heterocycles. The SMILES string of the molecule is CCC(C(C)=O)[CH]([Zr][CH](C(=O)O)C(CC)C(C)=O)C(=O)O. The Morgan fingerprint density at radius 1 is 0.810 bits per heavy atom. The number of rotatable bonds is 10. The zero-order valence-electron chi connectivity index (χ0n) is 12.8. The predicted molar refractivity (Wildman–Crippen MR) is 71.7 cm³/mol. The van der Waals surface area contributed by atoms with Crippen LogP contribution in [0.15, 0.2) is 0 Å². The summed E-state index contributed by atoms with van der Waals surface area (Å²) in [6.07, 6.45) is 0.743. The Morgan fingerprint density at radius 2 is 1.10 bits per heavy atom. The average Bonchev–Trinajstić information content (AvgIpc) is 2.35. The maximum atomic E-state index is 11.6. The van der Waals surface area contributed by atoms with E-state index < -0.39 is 54.3 Å². The summed E-state index contributed by atoms with van der Waals surface area (Å²) in [7, 11) is 0. The number of carboxylic acids is 2. The number of Topliss-reactive ketones (excluding diaryl/α,β-unsaturated/α-hetero) is 2. The van der Waals surface area contributed by atoms with Gasteiger partial charge in [-0.05, 0) is 0 Å². The van der Waals surface area contributed by atoms with Crippen molar-refractivity contribution in [1.29, 1.82) is 0 Å². The van der Waals surface area contributed by atoms with Crippen LogP contribution >= 0.6 is 0 Å².